The first kappa shape index (κ1) is 15.1. The van der Waals surface area contributed by atoms with Gasteiger partial charge in [0, 0.05) is 17.6 Å². The van der Waals surface area contributed by atoms with E-state index in [1.165, 1.54) is 12.1 Å². The molecule has 22 heavy (non-hydrogen) atoms. The summed E-state index contributed by atoms with van der Waals surface area (Å²) >= 11 is 0. The van der Waals surface area contributed by atoms with Crippen molar-refractivity contribution in [2.75, 3.05) is 0 Å². The van der Waals surface area contributed by atoms with Crippen LogP contribution in [0.3, 0.4) is 0 Å². The minimum absolute atomic E-state index is 0.384. The highest BCUT2D eigenvalue weighted by Crippen LogP contribution is 2.43. The van der Waals surface area contributed by atoms with Crippen molar-refractivity contribution in [3.63, 3.8) is 0 Å². The molecule has 1 fully saturated rings. The Kier molecular flexibility index (Phi) is 3.72. The summed E-state index contributed by atoms with van der Waals surface area (Å²) in [6.07, 6.45) is -0.0734. The molecule has 1 heterocycles. The van der Waals surface area contributed by atoms with Gasteiger partial charge in [-0.2, -0.15) is 13.2 Å². The van der Waals surface area contributed by atoms with Crippen LogP contribution in [0, 0.1) is 6.92 Å². The van der Waals surface area contributed by atoms with Crippen molar-refractivity contribution in [1.29, 1.82) is 0 Å². The predicted octanol–water partition coefficient (Wildman–Crippen LogP) is 4.17. The molecule has 0 atom stereocenters. The van der Waals surface area contributed by atoms with Crippen LogP contribution in [0.4, 0.5) is 13.2 Å². The van der Waals surface area contributed by atoms with E-state index in [0.717, 1.165) is 36.6 Å². The molecule has 1 aromatic carbocycles. The second-order valence-electron chi connectivity index (χ2n) is 5.79. The number of aromatic nitrogens is 1. The lowest BCUT2D eigenvalue weighted by atomic mass is 9.71. The zero-order chi connectivity index (χ0) is 15.8. The maximum atomic E-state index is 12.9. The summed E-state index contributed by atoms with van der Waals surface area (Å²) in [7, 11) is 0. The first-order valence-electron chi connectivity index (χ1n) is 7.23. The van der Waals surface area contributed by atoms with Crippen molar-refractivity contribution in [3.8, 4) is 0 Å². The molecule has 3 rings (SSSR count). The van der Waals surface area contributed by atoms with Crippen LogP contribution in [0.1, 0.15) is 41.6 Å². The molecule has 1 aliphatic carbocycles. The number of alkyl halides is 3. The van der Waals surface area contributed by atoms with E-state index < -0.39 is 11.7 Å². The van der Waals surface area contributed by atoms with Gasteiger partial charge in [-0.05, 0) is 43.9 Å². The number of benzene rings is 1. The first-order valence-corrected chi connectivity index (χ1v) is 7.23. The normalized spacial score (nSPS) is 17.3. The van der Waals surface area contributed by atoms with Crippen molar-refractivity contribution in [2.45, 2.75) is 44.4 Å². The number of hydrogen-bond acceptors (Lipinski definition) is 3. The Balaban J connectivity index is 1.82. The van der Waals surface area contributed by atoms with Gasteiger partial charge in [-0.25, -0.2) is 0 Å². The molecule has 0 spiro atoms. The van der Waals surface area contributed by atoms with Crippen LogP contribution in [-0.2, 0) is 18.3 Å². The van der Waals surface area contributed by atoms with E-state index in [4.69, 9.17) is 4.52 Å². The average Bonchev–Trinajstić information content (AvgIpc) is 2.83. The molecule has 118 valence electrons. The first-order chi connectivity index (χ1) is 10.4. The largest absolute Gasteiger partial charge is 0.416 e. The third-order valence-corrected chi connectivity index (χ3v) is 4.42. The lowest BCUT2D eigenvalue weighted by Gasteiger charge is -2.43. The Hall–Kier alpha value is -1.82. The summed E-state index contributed by atoms with van der Waals surface area (Å²) in [5.74, 6) is 0. The number of rotatable bonds is 4. The molecule has 0 unspecified atom stereocenters. The zero-order valence-corrected chi connectivity index (χ0v) is 12.2. The third kappa shape index (κ3) is 2.75. The van der Waals surface area contributed by atoms with Crippen LogP contribution in [0.2, 0.25) is 0 Å². The summed E-state index contributed by atoms with van der Waals surface area (Å²) in [6, 6.07) is 5.61. The number of nitrogens with zero attached hydrogens (tertiary/aromatic N) is 1. The highest BCUT2D eigenvalue weighted by atomic mass is 19.4. The maximum Gasteiger partial charge on any atom is 0.416 e. The van der Waals surface area contributed by atoms with E-state index in [9.17, 15) is 13.2 Å². The Morgan fingerprint density at radius 1 is 1.32 bits per heavy atom. The Morgan fingerprint density at radius 2 is 2.09 bits per heavy atom. The topological polar surface area (TPSA) is 38.1 Å². The zero-order valence-electron chi connectivity index (χ0n) is 12.2. The van der Waals surface area contributed by atoms with Crippen molar-refractivity contribution >= 4 is 0 Å². The van der Waals surface area contributed by atoms with Gasteiger partial charge in [-0.15, -0.1) is 0 Å². The highest BCUT2D eigenvalue weighted by Gasteiger charge is 2.40. The van der Waals surface area contributed by atoms with Gasteiger partial charge in [0.25, 0.3) is 0 Å². The van der Waals surface area contributed by atoms with Crippen LogP contribution < -0.4 is 5.32 Å². The molecule has 1 aromatic heterocycles. The standard InChI is InChI=1S/C16H17F3N2O/c1-11-12(10-22-21-11)9-20-15(6-3-7-15)13-4-2-5-14(8-13)16(17,18)19/h2,4-5,8,10,20H,3,6-7,9H2,1H3. The van der Waals surface area contributed by atoms with Crippen molar-refractivity contribution < 1.29 is 17.7 Å². The highest BCUT2D eigenvalue weighted by molar-refractivity contribution is 5.33. The molecule has 0 bridgehead atoms. The predicted molar refractivity (Wildman–Crippen MR) is 75.1 cm³/mol. The lowest BCUT2D eigenvalue weighted by molar-refractivity contribution is -0.137. The SMILES string of the molecule is Cc1nocc1CNC1(c2cccc(C(F)(F)F)c2)CCC1. The van der Waals surface area contributed by atoms with Gasteiger partial charge in [0.2, 0.25) is 0 Å². The summed E-state index contributed by atoms with van der Waals surface area (Å²) in [4.78, 5) is 0. The maximum absolute atomic E-state index is 12.9. The molecule has 0 aliphatic heterocycles. The molecule has 0 amide bonds. The smallest absolute Gasteiger partial charge is 0.364 e. The van der Waals surface area contributed by atoms with Crippen LogP contribution in [0.25, 0.3) is 0 Å². The van der Waals surface area contributed by atoms with E-state index in [0.29, 0.717) is 12.1 Å². The van der Waals surface area contributed by atoms with Gasteiger partial charge in [-0.1, -0.05) is 17.3 Å². The van der Waals surface area contributed by atoms with E-state index in [2.05, 4.69) is 10.5 Å². The van der Waals surface area contributed by atoms with Gasteiger partial charge < -0.3 is 9.84 Å². The van der Waals surface area contributed by atoms with Gasteiger partial charge in [-0.3, -0.25) is 0 Å². The van der Waals surface area contributed by atoms with Crippen LogP contribution in [0.15, 0.2) is 35.1 Å². The fraction of sp³-hybridized carbons (Fsp3) is 0.438. The fourth-order valence-corrected chi connectivity index (χ4v) is 2.84. The molecule has 0 radical (unpaired) electrons. The van der Waals surface area contributed by atoms with Crippen LogP contribution in [0.5, 0.6) is 0 Å². The van der Waals surface area contributed by atoms with Crippen molar-refractivity contribution in [1.82, 2.24) is 10.5 Å². The Labute approximate surface area is 126 Å². The molecule has 1 saturated carbocycles. The molecule has 1 aliphatic rings. The molecule has 0 saturated heterocycles. The molecule has 6 heteroatoms. The number of aryl methyl sites for hydroxylation is 1. The number of hydrogen-bond donors (Lipinski definition) is 1. The van der Waals surface area contributed by atoms with Gasteiger partial charge in [0.1, 0.15) is 6.26 Å². The molecule has 2 aromatic rings. The van der Waals surface area contributed by atoms with Crippen LogP contribution >= 0.6 is 0 Å². The van der Waals surface area contributed by atoms with Crippen molar-refractivity contribution in [3.05, 3.63) is 52.9 Å². The second kappa shape index (κ2) is 5.43. The molecular formula is C16H17F3N2O. The molecule has 1 N–H and O–H groups in total. The lowest BCUT2D eigenvalue weighted by Crippen LogP contribution is -2.47. The van der Waals surface area contributed by atoms with Crippen LogP contribution in [-0.4, -0.2) is 5.16 Å². The van der Waals surface area contributed by atoms with E-state index in [1.54, 1.807) is 12.3 Å². The van der Waals surface area contributed by atoms with E-state index in [-0.39, 0.29) is 5.54 Å². The quantitative estimate of drug-likeness (QED) is 0.921. The van der Waals surface area contributed by atoms with E-state index in [1.807, 2.05) is 6.92 Å². The average molecular weight is 310 g/mol. The monoisotopic (exact) mass is 310 g/mol. The summed E-state index contributed by atoms with van der Waals surface area (Å²) < 4.78 is 43.6. The Bertz CT molecular complexity index is 659. The van der Waals surface area contributed by atoms with Gasteiger partial charge >= 0.3 is 6.18 Å². The summed E-state index contributed by atoms with van der Waals surface area (Å²) in [5, 5.41) is 7.22. The van der Waals surface area contributed by atoms with Crippen molar-refractivity contribution in [2.24, 2.45) is 0 Å². The second-order valence-corrected chi connectivity index (χ2v) is 5.79. The van der Waals surface area contributed by atoms with Gasteiger partial charge in [0.05, 0.1) is 11.3 Å². The fourth-order valence-electron chi connectivity index (χ4n) is 2.84. The van der Waals surface area contributed by atoms with Gasteiger partial charge in [0.15, 0.2) is 0 Å². The number of halogens is 3. The molecular weight excluding hydrogens is 293 g/mol. The Morgan fingerprint density at radius 3 is 2.64 bits per heavy atom. The summed E-state index contributed by atoms with van der Waals surface area (Å²) in [6.45, 7) is 2.38. The van der Waals surface area contributed by atoms with E-state index >= 15 is 0 Å². The molecule has 3 nitrogen and oxygen atoms in total. The summed E-state index contributed by atoms with van der Waals surface area (Å²) in [5.41, 5.74) is 1.44. The number of nitrogens with one attached hydrogen (secondary N) is 1. The minimum Gasteiger partial charge on any atom is -0.364 e. The third-order valence-electron chi connectivity index (χ3n) is 4.42. The minimum atomic E-state index is -4.31.